The number of hydrogen-bond donors (Lipinski definition) is 0. The number of amidine groups is 1. The van der Waals surface area contributed by atoms with Crippen LogP contribution in [0.4, 0.5) is 0 Å². The second kappa shape index (κ2) is 5.41. The van der Waals surface area contributed by atoms with Crippen LogP contribution >= 0.6 is 23.1 Å². The van der Waals surface area contributed by atoms with Gasteiger partial charge in [-0.2, -0.15) is 0 Å². The lowest BCUT2D eigenvalue weighted by atomic mass is 10.1. The van der Waals surface area contributed by atoms with Gasteiger partial charge in [-0.05, 0) is 36.9 Å². The number of hydrogen-bond acceptors (Lipinski definition) is 5. The van der Waals surface area contributed by atoms with Crippen molar-refractivity contribution in [1.29, 1.82) is 0 Å². The Bertz CT molecular complexity index is 860. The van der Waals surface area contributed by atoms with E-state index in [0.717, 1.165) is 23.2 Å². The largest absolute Gasteiger partial charge is 0.317 e. The summed E-state index contributed by atoms with van der Waals surface area (Å²) in [6.07, 6.45) is 3.56. The van der Waals surface area contributed by atoms with Crippen LogP contribution in [0.2, 0.25) is 0 Å². The number of benzene rings is 1. The first-order chi connectivity index (χ1) is 10.7. The van der Waals surface area contributed by atoms with Gasteiger partial charge >= 0.3 is 0 Å². The predicted octanol–water partition coefficient (Wildman–Crippen LogP) is 4.13. The van der Waals surface area contributed by atoms with Crippen molar-refractivity contribution < 1.29 is 4.79 Å². The predicted molar refractivity (Wildman–Crippen MR) is 95.2 cm³/mol. The highest BCUT2D eigenvalue weighted by Gasteiger charge is 2.33. The van der Waals surface area contributed by atoms with Crippen molar-refractivity contribution in [2.45, 2.75) is 6.92 Å². The molecule has 0 spiro atoms. The van der Waals surface area contributed by atoms with Gasteiger partial charge in [0, 0.05) is 32.5 Å². The standard InChI is InChI=1S/C17H14N2OS2/c1-11(20)6-7-15-16(19-9-8-18-17(19)22-15)13-10-21-14-5-3-2-4-12(13)14/h2-7,10H,8-9H2,1H3. The van der Waals surface area contributed by atoms with E-state index in [0.29, 0.717) is 0 Å². The van der Waals surface area contributed by atoms with Gasteiger partial charge in [0.2, 0.25) is 0 Å². The maximum Gasteiger partial charge on any atom is 0.168 e. The van der Waals surface area contributed by atoms with Crippen LogP contribution in [-0.2, 0) is 4.79 Å². The van der Waals surface area contributed by atoms with E-state index in [2.05, 4.69) is 39.5 Å². The number of carbonyl (C=O) groups excluding carboxylic acids is 1. The molecule has 110 valence electrons. The first kappa shape index (κ1) is 13.8. The van der Waals surface area contributed by atoms with Crippen molar-refractivity contribution in [2.24, 2.45) is 4.99 Å². The monoisotopic (exact) mass is 326 g/mol. The van der Waals surface area contributed by atoms with E-state index in [-0.39, 0.29) is 5.78 Å². The lowest BCUT2D eigenvalue weighted by molar-refractivity contribution is -0.112. The van der Waals surface area contributed by atoms with Gasteiger partial charge in [-0.1, -0.05) is 18.2 Å². The average Bonchev–Trinajstić information content (AvgIpc) is 3.18. The first-order valence-corrected chi connectivity index (χ1v) is 8.83. The number of nitrogens with zero attached hydrogens (tertiary/aromatic N) is 2. The van der Waals surface area contributed by atoms with Crippen LogP contribution in [0.15, 0.2) is 51.7 Å². The van der Waals surface area contributed by atoms with Gasteiger partial charge in [0.15, 0.2) is 11.0 Å². The molecule has 2 aromatic rings. The zero-order chi connectivity index (χ0) is 15.1. The third-order valence-corrected chi connectivity index (χ3v) is 5.76. The maximum absolute atomic E-state index is 11.3. The number of thiophene rings is 1. The van der Waals surface area contributed by atoms with Crippen molar-refractivity contribution in [3.05, 3.63) is 52.3 Å². The van der Waals surface area contributed by atoms with Gasteiger partial charge in [-0.15, -0.1) is 11.3 Å². The summed E-state index contributed by atoms with van der Waals surface area (Å²) in [5.74, 6) is 0.0663. The number of rotatable bonds is 3. The summed E-state index contributed by atoms with van der Waals surface area (Å²) in [6.45, 7) is 3.34. The van der Waals surface area contributed by atoms with Gasteiger partial charge in [0.1, 0.15) is 0 Å². The fraction of sp³-hybridized carbons (Fsp3) is 0.176. The lowest BCUT2D eigenvalue weighted by Crippen LogP contribution is -2.19. The summed E-state index contributed by atoms with van der Waals surface area (Å²) in [6, 6.07) is 8.46. The van der Waals surface area contributed by atoms with E-state index < -0.39 is 0 Å². The number of aliphatic imine (C=N–C) groups is 1. The zero-order valence-corrected chi connectivity index (χ0v) is 13.7. The minimum atomic E-state index is 0.0663. The SMILES string of the molecule is CC(=O)C=CC1=C(c2csc3ccccc23)N2CCN=C2S1. The maximum atomic E-state index is 11.3. The van der Waals surface area contributed by atoms with Gasteiger partial charge in [0.25, 0.3) is 0 Å². The second-order valence-corrected chi connectivity index (χ2v) is 7.14. The third-order valence-electron chi connectivity index (χ3n) is 3.71. The summed E-state index contributed by atoms with van der Waals surface area (Å²) in [4.78, 5) is 19.2. The molecule has 0 atom stereocenters. The number of carbonyl (C=O) groups is 1. The van der Waals surface area contributed by atoms with E-state index in [9.17, 15) is 4.79 Å². The van der Waals surface area contributed by atoms with Crippen molar-refractivity contribution in [2.75, 3.05) is 13.1 Å². The van der Waals surface area contributed by atoms with Gasteiger partial charge in [0.05, 0.1) is 12.2 Å². The molecule has 1 aromatic heterocycles. The Morgan fingerprint density at radius 2 is 2.23 bits per heavy atom. The number of allylic oxidation sites excluding steroid dienone is 2. The molecule has 22 heavy (non-hydrogen) atoms. The van der Waals surface area contributed by atoms with Gasteiger partial charge in [-0.3, -0.25) is 9.79 Å². The minimum absolute atomic E-state index is 0.0663. The van der Waals surface area contributed by atoms with E-state index in [1.807, 2.05) is 6.08 Å². The van der Waals surface area contributed by atoms with Crippen LogP contribution in [0.3, 0.4) is 0 Å². The van der Waals surface area contributed by atoms with Crippen LogP contribution in [0.25, 0.3) is 15.8 Å². The van der Waals surface area contributed by atoms with Crippen LogP contribution in [0.1, 0.15) is 12.5 Å². The fourth-order valence-electron chi connectivity index (χ4n) is 2.75. The molecule has 2 aliphatic heterocycles. The minimum Gasteiger partial charge on any atom is -0.317 e. The van der Waals surface area contributed by atoms with E-state index >= 15 is 0 Å². The molecule has 0 bridgehead atoms. The van der Waals surface area contributed by atoms with Crippen LogP contribution in [0, 0.1) is 0 Å². The molecule has 0 saturated carbocycles. The third kappa shape index (κ3) is 2.21. The Morgan fingerprint density at radius 3 is 3.09 bits per heavy atom. The van der Waals surface area contributed by atoms with E-state index in [1.54, 1.807) is 36.1 Å². The Balaban J connectivity index is 1.89. The van der Waals surface area contributed by atoms with Gasteiger partial charge in [-0.25, -0.2) is 0 Å². The van der Waals surface area contributed by atoms with Crippen molar-refractivity contribution >= 4 is 49.8 Å². The Kier molecular flexibility index (Phi) is 3.39. The zero-order valence-electron chi connectivity index (χ0n) is 12.1. The molecule has 0 saturated heterocycles. The molecule has 3 nitrogen and oxygen atoms in total. The first-order valence-electron chi connectivity index (χ1n) is 7.13. The van der Waals surface area contributed by atoms with Crippen LogP contribution < -0.4 is 0 Å². The van der Waals surface area contributed by atoms with Crippen molar-refractivity contribution in [3.8, 4) is 0 Å². The molecular formula is C17H14N2OS2. The average molecular weight is 326 g/mol. The number of fused-ring (bicyclic) bond motifs is 2. The number of ketones is 1. The molecule has 0 unspecified atom stereocenters. The quantitative estimate of drug-likeness (QED) is 0.795. The summed E-state index contributed by atoms with van der Waals surface area (Å²) < 4.78 is 1.29. The summed E-state index contributed by atoms with van der Waals surface area (Å²) >= 11 is 3.42. The normalized spacial score (nSPS) is 17.7. The van der Waals surface area contributed by atoms with Crippen molar-refractivity contribution in [3.63, 3.8) is 0 Å². The molecular weight excluding hydrogens is 312 g/mol. The van der Waals surface area contributed by atoms with Crippen LogP contribution in [0.5, 0.6) is 0 Å². The summed E-state index contributed by atoms with van der Waals surface area (Å²) in [5, 5.41) is 4.53. The van der Waals surface area contributed by atoms with E-state index in [4.69, 9.17) is 0 Å². The van der Waals surface area contributed by atoms with Gasteiger partial charge < -0.3 is 4.90 Å². The molecule has 2 aliphatic rings. The highest BCUT2D eigenvalue weighted by atomic mass is 32.2. The Labute approximate surface area is 137 Å². The highest BCUT2D eigenvalue weighted by Crippen LogP contribution is 2.45. The molecule has 5 heteroatoms. The second-order valence-electron chi connectivity index (χ2n) is 5.22. The smallest absolute Gasteiger partial charge is 0.168 e. The Morgan fingerprint density at radius 1 is 1.36 bits per heavy atom. The topological polar surface area (TPSA) is 32.7 Å². The fourth-order valence-corrected chi connectivity index (χ4v) is 4.79. The molecule has 4 rings (SSSR count). The molecule has 0 aliphatic carbocycles. The van der Waals surface area contributed by atoms with E-state index in [1.165, 1.54) is 21.3 Å². The summed E-state index contributed by atoms with van der Waals surface area (Å²) in [5.41, 5.74) is 2.43. The van der Waals surface area contributed by atoms with Crippen LogP contribution in [-0.4, -0.2) is 28.9 Å². The highest BCUT2D eigenvalue weighted by molar-refractivity contribution is 8.17. The molecule has 0 N–H and O–H groups in total. The molecule has 0 fully saturated rings. The Hall–Kier alpha value is -1.85. The molecule has 3 heterocycles. The molecule has 0 radical (unpaired) electrons. The molecule has 0 amide bonds. The lowest BCUT2D eigenvalue weighted by Gasteiger charge is -2.16. The summed E-state index contributed by atoms with van der Waals surface area (Å²) in [7, 11) is 0. The molecule has 1 aromatic carbocycles. The van der Waals surface area contributed by atoms with Crippen molar-refractivity contribution in [1.82, 2.24) is 4.90 Å². The number of thioether (sulfide) groups is 1.